The second-order valence-electron chi connectivity index (χ2n) is 3.85. The van der Waals surface area contributed by atoms with Gasteiger partial charge in [-0.2, -0.15) is 0 Å². The lowest BCUT2D eigenvalue weighted by atomic mass is 10.0. The molecule has 2 heteroatoms. The molecule has 0 unspecified atom stereocenters. The molecule has 0 spiro atoms. The average Bonchev–Trinajstić information content (AvgIpc) is 2.87. The Bertz CT molecular complexity index is 677. The molecule has 3 aromatic rings. The van der Waals surface area contributed by atoms with Gasteiger partial charge in [0.05, 0.1) is 4.88 Å². The summed E-state index contributed by atoms with van der Waals surface area (Å²) in [6.07, 6.45) is 0.902. The van der Waals surface area contributed by atoms with Crippen molar-refractivity contribution in [3.8, 4) is 10.4 Å². The number of thiophene rings is 1. The zero-order valence-electron chi connectivity index (χ0n) is 9.09. The summed E-state index contributed by atoms with van der Waals surface area (Å²) in [4.78, 5) is 12.6. The molecule has 0 saturated carbocycles. The van der Waals surface area contributed by atoms with E-state index >= 15 is 0 Å². The van der Waals surface area contributed by atoms with Gasteiger partial charge in [0.1, 0.15) is 0 Å². The van der Waals surface area contributed by atoms with Gasteiger partial charge >= 0.3 is 0 Å². The Morgan fingerprint density at radius 2 is 1.71 bits per heavy atom. The fraction of sp³-hybridized carbons (Fsp3) is 0. The lowest BCUT2D eigenvalue weighted by molar-refractivity contribution is 0.112. The third-order valence-corrected chi connectivity index (χ3v) is 3.84. The summed E-state index contributed by atoms with van der Waals surface area (Å²) in [7, 11) is 0. The highest BCUT2D eigenvalue weighted by molar-refractivity contribution is 7.17. The third-order valence-electron chi connectivity index (χ3n) is 2.80. The van der Waals surface area contributed by atoms with Crippen molar-refractivity contribution >= 4 is 28.4 Å². The van der Waals surface area contributed by atoms with Gasteiger partial charge in [0.2, 0.25) is 0 Å². The van der Waals surface area contributed by atoms with Crippen molar-refractivity contribution in [1.82, 2.24) is 0 Å². The Morgan fingerprint density at radius 3 is 2.53 bits per heavy atom. The van der Waals surface area contributed by atoms with E-state index in [0.29, 0.717) is 0 Å². The van der Waals surface area contributed by atoms with Gasteiger partial charge in [-0.1, -0.05) is 42.5 Å². The SMILES string of the molecule is O=Cc1ccc(-c2cccc3ccccc23)s1. The predicted octanol–water partition coefficient (Wildman–Crippen LogP) is 4.38. The van der Waals surface area contributed by atoms with Crippen LogP contribution in [0.3, 0.4) is 0 Å². The van der Waals surface area contributed by atoms with Gasteiger partial charge in [-0.25, -0.2) is 0 Å². The number of hydrogen-bond donors (Lipinski definition) is 0. The second-order valence-corrected chi connectivity index (χ2v) is 4.96. The van der Waals surface area contributed by atoms with E-state index in [4.69, 9.17) is 0 Å². The first kappa shape index (κ1) is 10.2. The van der Waals surface area contributed by atoms with E-state index in [9.17, 15) is 4.79 Å². The maximum Gasteiger partial charge on any atom is 0.160 e. The summed E-state index contributed by atoms with van der Waals surface area (Å²) in [6, 6.07) is 18.4. The van der Waals surface area contributed by atoms with E-state index < -0.39 is 0 Å². The summed E-state index contributed by atoms with van der Waals surface area (Å²) < 4.78 is 0. The fourth-order valence-electron chi connectivity index (χ4n) is 2.00. The minimum absolute atomic E-state index is 0.771. The highest BCUT2D eigenvalue weighted by Gasteiger charge is 2.05. The van der Waals surface area contributed by atoms with Crippen LogP contribution in [0.2, 0.25) is 0 Å². The zero-order valence-corrected chi connectivity index (χ0v) is 9.91. The van der Waals surface area contributed by atoms with E-state index in [0.717, 1.165) is 16.0 Å². The number of benzene rings is 2. The number of carbonyl (C=O) groups is 1. The largest absolute Gasteiger partial charge is 0.297 e. The van der Waals surface area contributed by atoms with Gasteiger partial charge < -0.3 is 0 Å². The summed E-state index contributed by atoms with van der Waals surface area (Å²) in [5.41, 5.74) is 1.20. The fourth-order valence-corrected chi connectivity index (χ4v) is 2.86. The molecule has 1 heterocycles. The predicted molar refractivity (Wildman–Crippen MR) is 72.6 cm³/mol. The van der Waals surface area contributed by atoms with Crippen molar-refractivity contribution in [3.63, 3.8) is 0 Å². The zero-order chi connectivity index (χ0) is 11.7. The molecule has 0 N–H and O–H groups in total. The number of rotatable bonds is 2. The number of hydrogen-bond acceptors (Lipinski definition) is 2. The Balaban J connectivity index is 2.26. The molecule has 82 valence electrons. The minimum Gasteiger partial charge on any atom is -0.297 e. The van der Waals surface area contributed by atoms with E-state index in [1.54, 1.807) is 0 Å². The van der Waals surface area contributed by atoms with Crippen molar-refractivity contribution in [2.24, 2.45) is 0 Å². The van der Waals surface area contributed by atoms with Crippen LogP contribution >= 0.6 is 11.3 Å². The maximum atomic E-state index is 10.7. The minimum atomic E-state index is 0.771. The van der Waals surface area contributed by atoms with Gasteiger partial charge in [0, 0.05) is 4.88 Å². The third kappa shape index (κ3) is 1.77. The first-order chi connectivity index (χ1) is 8.38. The van der Waals surface area contributed by atoms with Crippen LogP contribution in [-0.4, -0.2) is 6.29 Å². The molecular formula is C15H10OS. The molecule has 0 fully saturated rings. The average molecular weight is 238 g/mol. The normalized spacial score (nSPS) is 10.6. The quantitative estimate of drug-likeness (QED) is 0.605. The molecule has 17 heavy (non-hydrogen) atoms. The Kier molecular flexibility index (Phi) is 2.50. The van der Waals surface area contributed by atoms with Gasteiger partial charge in [-0.15, -0.1) is 11.3 Å². The Hall–Kier alpha value is -1.93. The molecule has 0 bridgehead atoms. The van der Waals surface area contributed by atoms with E-state index in [1.165, 1.54) is 27.7 Å². The molecule has 0 aliphatic carbocycles. The van der Waals surface area contributed by atoms with Gasteiger partial charge in [0.25, 0.3) is 0 Å². The molecule has 1 nitrogen and oxygen atoms in total. The molecule has 0 atom stereocenters. The van der Waals surface area contributed by atoms with Crippen molar-refractivity contribution in [2.75, 3.05) is 0 Å². The lowest BCUT2D eigenvalue weighted by Crippen LogP contribution is -1.76. The summed E-state index contributed by atoms with van der Waals surface area (Å²) in [5.74, 6) is 0. The molecule has 0 saturated heterocycles. The summed E-state index contributed by atoms with van der Waals surface area (Å²) >= 11 is 1.53. The molecule has 2 aromatic carbocycles. The lowest BCUT2D eigenvalue weighted by Gasteiger charge is -2.03. The molecule has 1 aromatic heterocycles. The second kappa shape index (κ2) is 4.15. The van der Waals surface area contributed by atoms with Crippen LogP contribution < -0.4 is 0 Å². The molecule has 0 aliphatic rings. The Labute approximate surface area is 103 Å². The van der Waals surface area contributed by atoms with Crippen LogP contribution in [0.25, 0.3) is 21.2 Å². The van der Waals surface area contributed by atoms with Crippen molar-refractivity contribution in [3.05, 3.63) is 59.5 Å². The monoisotopic (exact) mass is 238 g/mol. The first-order valence-electron chi connectivity index (χ1n) is 5.41. The van der Waals surface area contributed by atoms with Crippen molar-refractivity contribution < 1.29 is 4.79 Å². The van der Waals surface area contributed by atoms with Crippen LogP contribution in [-0.2, 0) is 0 Å². The number of fused-ring (bicyclic) bond motifs is 1. The molecule has 0 radical (unpaired) electrons. The first-order valence-corrected chi connectivity index (χ1v) is 6.23. The summed E-state index contributed by atoms with van der Waals surface area (Å²) in [5, 5.41) is 2.46. The van der Waals surface area contributed by atoms with E-state index in [1.807, 2.05) is 24.3 Å². The molecular weight excluding hydrogens is 228 g/mol. The van der Waals surface area contributed by atoms with Crippen molar-refractivity contribution in [2.45, 2.75) is 0 Å². The Morgan fingerprint density at radius 1 is 0.882 bits per heavy atom. The highest BCUT2D eigenvalue weighted by atomic mass is 32.1. The molecule has 0 amide bonds. The van der Waals surface area contributed by atoms with Crippen LogP contribution in [0.5, 0.6) is 0 Å². The van der Waals surface area contributed by atoms with E-state index in [-0.39, 0.29) is 0 Å². The smallest absolute Gasteiger partial charge is 0.160 e. The van der Waals surface area contributed by atoms with E-state index in [2.05, 4.69) is 30.3 Å². The maximum absolute atomic E-state index is 10.7. The topological polar surface area (TPSA) is 17.1 Å². The van der Waals surface area contributed by atoms with Crippen LogP contribution in [0, 0.1) is 0 Å². The number of carbonyl (C=O) groups excluding carboxylic acids is 1. The molecule has 3 rings (SSSR count). The molecule has 0 aliphatic heterocycles. The van der Waals surface area contributed by atoms with Gasteiger partial charge in [0.15, 0.2) is 6.29 Å². The van der Waals surface area contributed by atoms with Crippen LogP contribution in [0.1, 0.15) is 9.67 Å². The van der Waals surface area contributed by atoms with Gasteiger partial charge in [-0.3, -0.25) is 4.79 Å². The standard InChI is InChI=1S/C15H10OS/c16-10-12-8-9-15(17-12)14-7-3-5-11-4-1-2-6-13(11)14/h1-10H. The van der Waals surface area contributed by atoms with Crippen LogP contribution in [0.15, 0.2) is 54.6 Å². The summed E-state index contributed by atoms with van der Waals surface area (Å²) in [6.45, 7) is 0. The van der Waals surface area contributed by atoms with Crippen LogP contribution in [0.4, 0.5) is 0 Å². The number of aldehydes is 1. The van der Waals surface area contributed by atoms with Crippen molar-refractivity contribution in [1.29, 1.82) is 0 Å². The van der Waals surface area contributed by atoms with Gasteiger partial charge in [-0.05, 0) is 28.5 Å². The highest BCUT2D eigenvalue weighted by Crippen LogP contribution is 2.32.